The number of hydrogen-bond acceptors (Lipinski definition) is 5. The van der Waals surface area contributed by atoms with Crippen molar-refractivity contribution in [3.63, 3.8) is 0 Å². The molecule has 1 aromatic carbocycles. The zero-order chi connectivity index (χ0) is 18.4. The largest absolute Gasteiger partial charge is 0.325 e. The predicted molar refractivity (Wildman–Crippen MR) is 109 cm³/mol. The number of carbonyl (C=O) groups is 1. The third-order valence-corrected chi connectivity index (χ3v) is 5.61. The number of thioether (sulfide) groups is 1. The molecule has 3 aromatic rings. The molecule has 3 rings (SSSR count). The van der Waals surface area contributed by atoms with Gasteiger partial charge in [0.2, 0.25) is 5.91 Å². The first kappa shape index (κ1) is 18.4. The average Bonchev–Trinajstić information content (AvgIpc) is 3.30. The molecule has 0 fully saturated rings. The van der Waals surface area contributed by atoms with E-state index >= 15 is 0 Å². The van der Waals surface area contributed by atoms with E-state index in [1.165, 1.54) is 11.8 Å². The molecule has 1 N–H and O–H groups in total. The fraction of sp³-hybridized carbons (Fsp3) is 0.211. The van der Waals surface area contributed by atoms with Crippen molar-refractivity contribution in [2.75, 3.05) is 11.1 Å². The van der Waals surface area contributed by atoms with Crippen molar-refractivity contribution in [2.45, 2.75) is 25.0 Å². The van der Waals surface area contributed by atoms with Crippen LogP contribution in [0.3, 0.4) is 0 Å². The number of rotatable bonds is 8. The van der Waals surface area contributed by atoms with Crippen LogP contribution in [0.15, 0.2) is 59.6 Å². The molecule has 1 amide bonds. The van der Waals surface area contributed by atoms with Crippen LogP contribution in [0.25, 0.3) is 10.7 Å². The molecule has 0 aliphatic heterocycles. The quantitative estimate of drug-likeness (QED) is 0.459. The van der Waals surface area contributed by atoms with Gasteiger partial charge in [-0.2, -0.15) is 0 Å². The summed E-state index contributed by atoms with van der Waals surface area (Å²) in [6, 6.07) is 11.9. The number of hydrogen-bond donors (Lipinski definition) is 1. The number of aryl methyl sites for hydroxylation is 1. The van der Waals surface area contributed by atoms with E-state index in [4.69, 9.17) is 0 Å². The van der Waals surface area contributed by atoms with Gasteiger partial charge in [-0.15, -0.1) is 28.1 Å². The number of anilines is 1. The van der Waals surface area contributed by atoms with E-state index in [1.807, 2.05) is 52.4 Å². The number of carbonyl (C=O) groups excluding carboxylic acids is 1. The first-order chi connectivity index (χ1) is 12.7. The van der Waals surface area contributed by atoms with E-state index < -0.39 is 0 Å². The molecule has 0 unspecified atom stereocenters. The van der Waals surface area contributed by atoms with Crippen LogP contribution in [0, 0.1) is 0 Å². The molecule has 2 aromatic heterocycles. The van der Waals surface area contributed by atoms with Crippen molar-refractivity contribution < 1.29 is 4.79 Å². The van der Waals surface area contributed by atoms with Crippen molar-refractivity contribution in [3.05, 3.63) is 60.0 Å². The summed E-state index contributed by atoms with van der Waals surface area (Å²) in [7, 11) is 0. The zero-order valence-electron chi connectivity index (χ0n) is 14.5. The molecule has 0 bridgehead atoms. The first-order valence-corrected chi connectivity index (χ1v) is 10.2. The Bertz CT molecular complexity index is 887. The third-order valence-electron chi connectivity index (χ3n) is 3.77. The maximum atomic E-state index is 12.4. The van der Waals surface area contributed by atoms with Crippen molar-refractivity contribution in [2.24, 2.45) is 0 Å². The smallest absolute Gasteiger partial charge is 0.234 e. The minimum atomic E-state index is -0.0540. The normalized spacial score (nSPS) is 10.7. The fourth-order valence-electron chi connectivity index (χ4n) is 2.54. The first-order valence-electron chi connectivity index (χ1n) is 8.31. The van der Waals surface area contributed by atoms with Gasteiger partial charge >= 0.3 is 0 Å². The molecular weight excluding hydrogens is 364 g/mol. The lowest BCUT2D eigenvalue weighted by atomic mass is 10.1. The highest BCUT2D eigenvalue weighted by atomic mass is 32.2. The van der Waals surface area contributed by atoms with Gasteiger partial charge in [0, 0.05) is 12.2 Å². The second kappa shape index (κ2) is 8.82. The minimum Gasteiger partial charge on any atom is -0.325 e. The van der Waals surface area contributed by atoms with Gasteiger partial charge in [0.25, 0.3) is 0 Å². The highest BCUT2D eigenvalue weighted by Crippen LogP contribution is 2.27. The Morgan fingerprint density at radius 2 is 2.15 bits per heavy atom. The lowest BCUT2D eigenvalue weighted by Crippen LogP contribution is -2.15. The lowest BCUT2D eigenvalue weighted by Gasteiger charge is -2.10. The Hall–Kier alpha value is -2.38. The maximum absolute atomic E-state index is 12.4. The van der Waals surface area contributed by atoms with Gasteiger partial charge in [-0.1, -0.05) is 49.0 Å². The molecule has 7 heteroatoms. The number of nitrogens with zero attached hydrogens (tertiary/aromatic N) is 3. The molecule has 0 atom stereocenters. The summed E-state index contributed by atoms with van der Waals surface area (Å²) in [5, 5.41) is 14.3. The van der Waals surface area contributed by atoms with E-state index in [2.05, 4.69) is 29.0 Å². The molecule has 0 saturated heterocycles. The summed E-state index contributed by atoms with van der Waals surface area (Å²) < 4.78 is 1.98. The van der Waals surface area contributed by atoms with E-state index in [-0.39, 0.29) is 11.7 Å². The summed E-state index contributed by atoms with van der Waals surface area (Å²) in [4.78, 5) is 13.4. The summed E-state index contributed by atoms with van der Waals surface area (Å²) in [5.41, 5.74) is 1.99. The minimum absolute atomic E-state index is 0.0540. The number of allylic oxidation sites excluding steroid dienone is 1. The van der Waals surface area contributed by atoms with Gasteiger partial charge in [0.1, 0.15) is 0 Å². The van der Waals surface area contributed by atoms with Crippen LogP contribution in [0.4, 0.5) is 5.69 Å². The number of aromatic nitrogens is 3. The number of thiophene rings is 1. The van der Waals surface area contributed by atoms with Crippen LogP contribution in [0.2, 0.25) is 0 Å². The topological polar surface area (TPSA) is 59.8 Å². The molecule has 0 aliphatic rings. The van der Waals surface area contributed by atoms with Crippen LogP contribution in [0.5, 0.6) is 0 Å². The van der Waals surface area contributed by atoms with Crippen molar-refractivity contribution in [3.8, 4) is 10.7 Å². The Morgan fingerprint density at radius 1 is 1.31 bits per heavy atom. The van der Waals surface area contributed by atoms with Crippen LogP contribution >= 0.6 is 23.1 Å². The zero-order valence-corrected chi connectivity index (χ0v) is 16.1. The molecule has 0 aliphatic carbocycles. The molecular formula is C19H20N4OS2. The summed E-state index contributed by atoms with van der Waals surface area (Å²) in [6.07, 6.45) is 2.68. The molecule has 0 radical (unpaired) electrons. The summed E-state index contributed by atoms with van der Waals surface area (Å²) in [6.45, 7) is 6.48. The SMILES string of the molecule is C=CCn1c(SCC(=O)Nc2ccccc2CC)nnc1-c1cccs1. The van der Waals surface area contributed by atoms with Crippen molar-refractivity contribution in [1.82, 2.24) is 14.8 Å². The Morgan fingerprint density at radius 3 is 2.88 bits per heavy atom. The van der Waals surface area contributed by atoms with E-state index in [9.17, 15) is 4.79 Å². The molecule has 134 valence electrons. The lowest BCUT2D eigenvalue weighted by molar-refractivity contribution is -0.113. The van der Waals surface area contributed by atoms with Crippen molar-refractivity contribution in [1.29, 1.82) is 0 Å². The monoisotopic (exact) mass is 384 g/mol. The second-order valence-electron chi connectivity index (χ2n) is 5.53. The van der Waals surface area contributed by atoms with Gasteiger partial charge in [0.05, 0.1) is 10.6 Å². The van der Waals surface area contributed by atoms with Crippen LogP contribution in [-0.2, 0) is 17.8 Å². The van der Waals surface area contributed by atoms with Crippen molar-refractivity contribution >= 4 is 34.7 Å². The number of para-hydroxylation sites is 1. The number of amides is 1. The van der Waals surface area contributed by atoms with E-state index in [1.54, 1.807) is 11.3 Å². The standard InChI is InChI=1S/C19H20N4OS2/c1-3-11-23-18(16-10-7-12-25-16)21-22-19(23)26-13-17(24)20-15-9-6-5-8-14(15)4-2/h3,5-10,12H,1,4,11,13H2,2H3,(H,20,24). The second-order valence-corrected chi connectivity index (χ2v) is 7.42. The third kappa shape index (κ3) is 4.23. The van der Waals surface area contributed by atoms with Gasteiger partial charge < -0.3 is 5.32 Å². The predicted octanol–water partition coefficient (Wildman–Crippen LogP) is 4.49. The Balaban J connectivity index is 1.69. The molecule has 0 spiro atoms. The highest BCUT2D eigenvalue weighted by Gasteiger charge is 2.15. The number of benzene rings is 1. The van der Waals surface area contributed by atoms with Gasteiger partial charge in [-0.3, -0.25) is 9.36 Å². The molecule has 0 saturated carbocycles. The number of nitrogens with one attached hydrogen (secondary N) is 1. The molecule has 5 nitrogen and oxygen atoms in total. The summed E-state index contributed by atoms with van der Waals surface area (Å²) in [5.74, 6) is 1.03. The van der Waals surface area contributed by atoms with Crippen LogP contribution in [-0.4, -0.2) is 26.4 Å². The molecule has 2 heterocycles. The van der Waals surface area contributed by atoms with E-state index in [0.717, 1.165) is 28.4 Å². The van der Waals surface area contributed by atoms with Gasteiger partial charge in [-0.25, -0.2) is 0 Å². The average molecular weight is 385 g/mol. The van der Waals surface area contributed by atoms with Crippen LogP contribution in [0.1, 0.15) is 12.5 Å². The van der Waals surface area contributed by atoms with Gasteiger partial charge in [-0.05, 0) is 29.5 Å². The summed E-state index contributed by atoms with van der Waals surface area (Å²) >= 11 is 2.99. The highest BCUT2D eigenvalue weighted by molar-refractivity contribution is 7.99. The van der Waals surface area contributed by atoms with E-state index in [0.29, 0.717) is 11.7 Å². The maximum Gasteiger partial charge on any atom is 0.234 e. The fourth-order valence-corrected chi connectivity index (χ4v) is 4.01. The Labute approximate surface area is 161 Å². The van der Waals surface area contributed by atoms with Gasteiger partial charge in [0.15, 0.2) is 11.0 Å². The molecule has 26 heavy (non-hydrogen) atoms. The van der Waals surface area contributed by atoms with Crippen LogP contribution < -0.4 is 5.32 Å². The Kier molecular flexibility index (Phi) is 6.25.